The molecule has 4 aromatic carbocycles. The first-order valence-corrected chi connectivity index (χ1v) is 30.7. The second-order valence-electron chi connectivity index (χ2n) is 20.7. The minimum absolute atomic E-state index is 0.0797. The van der Waals surface area contributed by atoms with Crippen LogP contribution in [0.3, 0.4) is 0 Å². The molecule has 0 unspecified atom stereocenters. The van der Waals surface area contributed by atoms with Crippen LogP contribution in [0, 0.1) is 46.3 Å². The van der Waals surface area contributed by atoms with E-state index >= 15 is 0 Å². The topological polar surface area (TPSA) is 197 Å². The van der Waals surface area contributed by atoms with E-state index in [4.69, 9.17) is 65.2 Å². The molecule has 73 heavy (non-hydrogen) atoms. The quantitative estimate of drug-likeness (QED) is 0.0894. The standard InChI is InChI=1S/C26H29O5P.C14H10O5P.C12H21O3P.CCl4/c27-24(22-7-3-1-4-8-22)30-32(29,31-25(28)23-9-5-2-6-10-23)12-11-26-16-19-13-20(17-26)15-21(14-19)18-26;15-13(11-7-3-1-4-8-11)18-20(17)19-14(16)12-9-5-2-6-10-12;13-16(14,15)2-1-12-6-9-3-10(7-12)5-11(4-9)8-12;2-1(3,4)5/h1-10,19-21H,11-18H2;1-10H;9-11H,1-8H2,(H2,13,14,15);/q;+1;;. The summed E-state index contributed by atoms with van der Waals surface area (Å²) in [6.45, 7) is 0. The van der Waals surface area contributed by atoms with Crippen LogP contribution < -0.4 is 0 Å². The lowest BCUT2D eigenvalue weighted by Crippen LogP contribution is -2.46. The average molecular weight is 1140 g/mol. The van der Waals surface area contributed by atoms with Gasteiger partial charge < -0.3 is 18.8 Å². The normalized spacial score (nSPS) is 26.0. The van der Waals surface area contributed by atoms with Crippen LogP contribution in [0.4, 0.5) is 0 Å². The minimum atomic E-state index is -3.98. The Morgan fingerprint density at radius 2 is 0.726 bits per heavy atom. The van der Waals surface area contributed by atoms with Gasteiger partial charge in [0.25, 0.3) is 3.25 Å². The minimum Gasteiger partial charge on any atom is -0.379 e. The smallest absolute Gasteiger partial charge is 0.379 e. The van der Waals surface area contributed by atoms with E-state index in [0.717, 1.165) is 61.2 Å². The molecule has 0 aromatic heterocycles. The van der Waals surface area contributed by atoms with E-state index in [9.17, 15) is 32.9 Å². The van der Waals surface area contributed by atoms with Gasteiger partial charge in [0.15, 0.2) is 0 Å². The lowest BCUT2D eigenvalue weighted by Gasteiger charge is -2.57. The summed E-state index contributed by atoms with van der Waals surface area (Å²) in [7, 11) is -10.6. The molecule has 13 nitrogen and oxygen atoms in total. The van der Waals surface area contributed by atoms with E-state index in [1.807, 2.05) is 0 Å². The van der Waals surface area contributed by atoms with Crippen molar-refractivity contribution in [3.63, 3.8) is 0 Å². The van der Waals surface area contributed by atoms with E-state index in [0.29, 0.717) is 23.0 Å². The molecule has 4 aromatic rings. The molecule has 0 spiro atoms. The Bertz CT molecular complexity index is 2440. The highest BCUT2D eigenvalue weighted by Gasteiger charge is 2.53. The van der Waals surface area contributed by atoms with Crippen LogP contribution >= 0.6 is 69.9 Å². The molecule has 0 saturated heterocycles. The molecule has 0 atom stereocenters. The summed E-state index contributed by atoms with van der Waals surface area (Å²) in [6, 6.07) is 32.9. The molecular weight excluding hydrogens is 1080 g/mol. The Kier molecular flexibility index (Phi) is 19.6. The van der Waals surface area contributed by atoms with Gasteiger partial charge in [-0.3, -0.25) is 4.57 Å². The molecule has 0 amide bonds. The summed E-state index contributed by atoms with van der Waals surface area (Å²) in [5, 5.41) is 0. The van der Waals surface area contributed by atoms with Gasteiger partial charge in [-0.1, -0.05) is 119 Å². The largest absolute Gasteiger partial charge is 0.812 e. The van der Waals surface area contributed by atoms with E-state index in [-0.39, 0.29) is 28.9 Å². The molecule has 12 rings (SSSR count). The number of rotatable bonds is 14. The van der Waals surface area contributed by atoms with E-state index < -0.39 is 50.6 Å². The van der Waals surface area contributed by atoms with Gasteiger partial charge in [0.05, 0.1) is 34.6 Å². The van der Waals surface area contributed by atoms with Crippen molar-refractivity contribution >= 4 is 93.7 Å². The fraction of sp³-hybridized carbons (Fsp3) is 0.472. The summed E-state index contributed by atoms with van der Waals surface area (Å²) in [4.78, 5) is 66.6. The molecule has 8 bridgehead atoms. The van der Waals surface area contributed by atoms with Crippen LogP contribution in [0.1, 0.15) is 131 Å². The number of halogens is 4. The molecule has 20 heteroatoms. The van der Waals surface area contributed by atoms with Crippen molar-refractivity contribution < 1.29 is 60.8 Å². The third kappa shape index (κ3) is 17.7. The fourth-order valence-electron chi connectivity index (χ4n) is 13.0. The Morgan fingerprint density at radius 1 is 0.479 bits per heavy atom. The van der Waals surface area contributed by atoms with Gasteiger partial charge in [0.1, 0.15) is 0 Å². The number of carbonyl (C=O) groups is 4. The van der Waals surface area contributed by atoms with Gasteiger partial charge in [-0.25, -0.2) is 23.7 Å². The second-order valence-corrected chi connectivity index (χ2v) is 28.7. The molecule has 2 N–H and O–H groups in total. The lowest BCUT2D eigenvalue weighted by molar-refractivity contribution is -0.0547. The van der Waals surface area contributed by atoms with E-state index in [2.05, 4.69) is 9.05 Å². The van der Waals surface area contributed by atoms with Crippen LogP contribution in [0.5, 0.6) is 0 Å². The van der Waals surface area contributed by atoms with Crippen molar-refractivity contribution in [3.8, 4) is 0 Å². The highest BCUT2D eigenvalue weighted by molar-refractivity contribution is 7.55. The summed E-state index contributed by atoms with van der Waals surface area (Å²) in [6.07, 6.45) is 17.0. The Morgan fingerprint density at radius 3 is 0.986 bits per heavy atom. The van der Waals surface area contributed by atoms with Gasteiger partial charge in [-0.2, -0.15) is 9.05 Å². The highest BCUT2D eigenvalue weighted by Crippen LogP contribution is 2.64. The van der Waals surface area contributed by atoms with Crippen LogP contribution in [-0.2, 0) is 31.8 Å². The SMILES string of the molecule is ClC(Cl)(Cl)Cl.O=C(OP(=O)(CCC12CC3CC(CC(C3)C1)C2)OC(=O)c1ccccc1)c1ccccc1.O=C(O[P+](=O)OC(=O)c1ccccc1)c1ccccc1.O=P(O)(O)CCC12CC3CC(CC(C3)C1)C2. The zero-order chi connectivity index (χ0) is 52.4. The maximum atomic E-state index is 13.8. The first kappa shape index (κ1) is 57.1. The van der Waals surface area contributed by atoms with Crippen molar-refractivity contribution in [1.29, 1.82) is 0 Å². The highest BCUT2D eigenvalue weighted by atomic mass is 35.6. The van der Waals surface area contributed by atoms with Crippen LogP contribution in [0.15, 0.2) is 121 Å². The Balaban J connectivity index is 0.000000163. The number of hydrogen-bond donors (Lipinski definition) is 2. The first-order chi connectivity index (χ1) is 34.5. The number of alkyl halides is 4. The van der Waals surface area contributed by atoms with Crippen molar-refractivity contribution in [2.24, 2.45) is 46.3 Å². The molecule has 0 heterocycles. The van der Waals surface area contributed by atoms with Gasteiger partial charge in [0.2, 0.25) is 0 Å². The van der Waals surface area contributed by atoms with E-state index in [1.165, 1.54) is 82.1 Å². The number of carbonyl (C=O) groups excluding carboxylic acids is 4. The van der Waals surface area contributed by atoms with Gasteiger partial charge in [-0.05, 0) is 185 Å². The summed E-state index contributed by atoms with van der Waals surface area (Å²) >= 11 is 19.3. The monoisotopic (exact) mass is 1140 g/mol. The number of benzene rings is 4. The molecule has 0 aliphatic heterocycles. The van der Waals surface area contributed by atoms with Crippen molar-refractivity contribution in [3.05, 3.63) is 144 Å². The third-order valence-electron chi connectivity index (χ3n) is 15.0. The first-order valence-electron chi connectivity index (χ1n) is 24.5. The second kappa shape index (κ2) is 25.0. The summed E-state index contributed by atoms with van der Waals surface area (Å²) < 4.78 is 54.7. The molecule has 392 valence electrons. The molecule has 8 fully saturated rings. The third-order valence-corrected chi connectivity index (χ3v) is 18.1. The Hall–Kier alpha value is -3.60. The van der Waals surface area contributed by atoms with Crippen LogP contribution in [-0.4, -0.2) is 49.2 Å². The summed E-state index contributed by atoms with van der Waals surface area (Å²) in [5.74, 6) is 1.85. The van der Waals surface area contributed by atoms with Crippen molar-refractivity contribution in [1.82, 2.24) is 0 Å². The lowest BCUT2D eigenvalue weighted by atomic mass is 9.49. The maximum Gasteiger partial charge on any atom is 0.812 e. The zero-order valence-electron chi connectivity index (χ0n) is 40.1. The zero-order valence-corrected chi connectivity index (χ0v) is 45.8. The molecule has 8 aliphatic carbocycles. The molecule has 8 saturated carbocycles. The Labute approximate surface area is 447 Å². The average Bonchev–Trinajstić information content (AvgIpc) is 3.33. The van der Waals surface area contributed by atoms with Gasteiger partial charge in [0, 0.05) is 4.57 Å². The van der Waals surface area contributed by atoms with Crippen LogP contribution in [0.25, 0.3) is 0 Å². The van der Waals surface area contributed by atoms with E-state index in [1.54, 1.807) is 97.1 Å². The predicted octanol–water partition coefficient (Wildman–Crippen LogP) is 15.2. The van der Waals surface area contributed by atoms with Gasteiger partial charge in [-0.15, -0.1) is 0 Å². The van der Waals surface area contributed by atoms with Crippen molar-refractivity contribution in [2.75, 3.05) is 12.3 Å². The summed E-state index contributed by atoms with van der Waals surface area (Å²) in [5.41, 5.74) is 1.49. The van der Waals surface area contributed by atoms with Crippen molar-refractivity contribution in [2.45, 2.75) is 93.1 Å². The number of hydrogen-bond acceptors (Lipinski definition) is 11. The van der Waals surface area contributed by atoms with Gasteiger partial charge >= 0.3 is 47.3 Å². The molecular formula is C53H60Cl4O13P3+. The van der Waals surface area contributed by atoms with Crippen LogP contribution in [0.2, 0.25) is 0 Å². The molecule has 8 aliphatic rings. The maximum absolute atomic E-state index is 13.8. The molecule has 0 radical (unpaired) electrons. The predicted molar refractivity (Wildman–Crippen MR) is 281 cm³/mol. The fourth-order valence-corrected chi connectivity index (χ4v) is 15.9.